The molecule has 2 heterocycles. The summed E-state index contributed by atoms with van der Waals surface area (Å²) in [4.78, 5) is 0. The summed E-state index contributed by atoms with van der Waals surface area (Å²) in [6, 6.07) is 5.23. The Labute approximate surface area is 126 Å². The molecule has 0 bridgehead atoms. The van der Waals surface area contributed by atoms with Crippen molar-refractivity contribution in [2.75, 3.05) is 23.9 Å². The maximum atomic E-state index is 12.9. The van der Waals surface area contributed by atoms with Crippen LogP contribution in [-0.2, 0) is 16.6 Å². The van der Waals surface area contributed by atoms with Crippen LogP contribution in [0, 0.1) is 5.92 Å². The minimum atomic E-state index is -3.55. The summed E-state index contributed by atoms with van der Waals surface area (Å²) in [5, 5.41) is 10.1. The van der Waals surface area contributed by atoms with Gasteiger partial charge in [0.05, 0.1) is 5.69 Å². The first-order valence-corrected chi connectivity index (χ1v) is 8.98. The van der Waals surface area contributed by atoms with Crippen molar-refractivity contribution in [3.05, 3.63) is 23.8 Å². The number of phenols is 1. The number of anilines is 1. The Bertz CT molecular complexity index is 630. The summed E-state index contributed by atoms with van der Waals surface area (Å²) in [6.45, 7) is 3.68. The summed E-state index contributed by atoms with van der Waals surface area (Å²) in [6.07, 6.45) is 3.58. The fourth-order valence-electron chi connectivity index (χ4n) is 3.32. The molecule has 1 aromatic rings. The third-order valence-electron chi connectivity index (χ3n) is 4.38. The van der Waals surface area contributed by atoms with E-state index in [2.05, 4.69) is 6.92 Å². The highest BCUT2D eigenvalue weighted by atomic mass is 32.2. The minimum absolute atomic E-state index is 0.0563. The van der Waals surface area contributed by atoms with E-state index in [1.54, 1.807) is 16.4 Å². The number of aromatic hydroxyl groups is 1. The first-order valence-electron chi connectivity index (χ1n) is 7.59. The number of phenolic OH excluding ortho intramolecular Hbond substituents is 1. The van der Waals surface area contributed by atoms with Crippen molar-refractivity contribution >= 4 is 15.9 Å². The van der Waals surface area contributed by atoms with Crippen LogP contribution in [-0.4, -0.2) is 37.5 Å². The maximum absolute atomic E-state index is 12.9. The molecule has 0 radical (unpaired) electrons. The second kappa shape index (κ2) is 5.50. The Morgan fingerprint density at radius 3 is 2.81 bits per heavy atom. The molecule has 5 nitrogen and oxygen atoms in total. The van der Waals surface area contributed by atoms with Crippen LogP contribution in [0.4, 0.5) is 5.69 Å². The topological polar surface area (TPSA) is 60.9 Å². The number of benzene rings is 1. The lowest BCUT2D eigenvalue weighted by atomic mass is 10.0. The van der Waals surface area contributed by atoms with Gasteiger partial charge < -0.3 is 5.11 Å². The van der Waals surface area contributed by atoms with E-state index < -0.39 is 10.2 Å². The van der Waals surface area contributed by atoms with Crippen molar-refractivity contribution in [1.82, 2.24) is 4.31 Å². The van der Waals surface area contributed by atoms with Crippen molar-refractivity contribution in [3.8, 4) is 5.75 Å². The fourth-order valence-corrected chi connectivity index (χ4v) is 5.20. The monoisotopic (exact) mass is 310 g/mol. The first kappa shape index (κ1) is 14.7. The molecule has 1 unspecified atom stereocenters. The maximum Gasteiger partial charge on any atom is 0.304 e. The largest absolute Gasteiger partial charge is 0.506 e. The third-order valence-corrected chi connectivity index (χ3v) is 6.29. The van der Waals surface area contributed by atoms with Gasteiger partial charge in [0.2, 0.25) is 0 Å². The standard InChI is InChI=1S/C15H22N2O3S/c1-12-5-3-9-16(11-12)21(19,20)17-10-4-7-13-6-2-8-14(18)15(13)17/h2,6,8,12,18H,3-5,7,9-11H2,1H3. The second-order valence-electron chi connectivity index (χ2n) is 6.07. The highest BCUT2D eigenvalue weighted by Gasteiger charge is 2.36. The fraction of sp³-hybridized carbons (Fsp3) is 0.600. The van der Waals surface area contributed by atoms with E-state index in [0.29, 0.717) is 31.2 Å². The Balaban J connectivity index is 1.98. The summed E-state index contributed by atoms with van der Waals surface area (Å²) < 4.78 is 28.9. The van der Waals surface area contributed by atoms with Crippen LogP contribution in [0.1, 0.15) is 31.7 Å². The zero-order valence-corrected chi connectivity index (χ0v) is 13.1. The number of aryl methyl sites for hydroxylation is 1. The lowest BCUT2D eigenvalue weighted by Gasteiger charge is -2.37. The molecule has 1 atom stereocenters. The van der Waals surface area contributed by atoms with Gasteiger partial charge in [-0.05, 0) is 43.2 Å². The van der Waals surface area contributed by atoms with Gasteiger partial charge in [0, 0.05) is 19.6 Å². The summed E-state index contributed by atoms with van der Waals surface area (Å²) in [5.74, 6) is 0.447. The molecule has 116 valence electrons. The average Bonchev–Trinajstić information content (AvgIpc) is 2.47. The lowest BCUT2D eigenvalue weighted by Crippen LogP contribution is -2.49. The molecule has 0 aromatic heterocycles. The van der Waals surface area contributed by atoms with Gasteiger partial charge in [-0.3, -0.25) is 4.31 Å². The van der Waals surface area contributed by atoms with E-state index in [-0.39, 0.29) is 5.75 Å². The number of rotatable bonds is 2. The molecule has 2 aliphatic heterocycles. The molecule has 6 heteroatoms. The zero-order chi connectivity index (χ0) is 15.0. The van der Waals surface area contributed by atoms with Gasteiger partial charge >= 0.3 is 10.2 Å². The summed E-state index contributed by atoms with van der Waals surface area (Å²) in [7, 11) is -3.55. The number of para-hydroxylation sites is 1. The summed E-state index contributed by atoms with van der Waals surface area (Å²) in [5.41, 5.74) is 1.39. The van der Waals surface area contributed by atoms with Crippen molar-refractivity contribution in [2.45, 2.75) is 32.6 Å². The highest BCUT2D eigenvalue weighted by Crippen LogP contribution is 2.38. The van der Waals surface area contributed by atoms with Gasteiger partial charge in [0.1, 0.15) is 5.75 Å². The van der Waals surface area contributed by atoms with Crippen LogP contribution in [0.5, 0.6) is 5.75 Å². The number of piperidine rings is 1. The molecule has 1 N–H and O–H groups in total. The van der Waals surface area contributed by atoms with Crippen LogP contribution >= 0.6 is 0 Å². The van der Waals surface area contributed by atoms with Gasteiger partial charge in [-0.1, -0.05) is 19.1 Å². The molecule has 3 rings (SSSR count). The van der Waals surface area contributed by atoms with E-state index in [4.69, 9.17) is 0 Å². The molecule has 1 aromatic carbocycles. The molecular weight excluding hydrogens is 288 g/mol. The van der Waals surface area contributed by atoms with Crippen LogP contribution in [0.2, 0.25) is 0 Å². The van der Waals surface area contributed by atoms with Crippen LogP contribution in [0.15, 0.2) is 18.2 Å². The molecule has 0 saturated carbocycles. The first-order chi connectivity index (χ1) is 10.00. The van der Waals surface area contributed by atoms with Gasteiger partial charge in [0.25, 0.3) is 0 Å². The Morgan fingerprint density at radius 1 is 1.24 bits per heavy atom. The number of fused-ring (bicyclic) bond motifs is 1. The molecule has 21 heavy (non-hydrogen) atoms. The number of hydrogen-bond acceptors (Lipinski definition) is 3. The van der Waals surface area contributed by atoms with E-state index in [9.17, 15) is 13.5 Å². The second-order valence-corrected chi connectivity index (χ2v) is 7.93. The van der Waals surface area contributed by atoms with Gasteiger partial charge in [-0.25, -0.2) is 0 Å². The van der Waals surface area contributed by atoms with E-state index in [1.165, 1.54) is 4.31 Å². The Kier molecular flexibility index (Phi) is 3.84. The summed E-state index contributed by atoms with van der Waals surface area (Å²) >= 11 is 0. The molecule has 0 amide bonds. The molecule has 1 fully saturated rings. The van der Waals surface area contributed by atoms with Gasteiger partial charge in [-0.2, -0.15) is 12.7 Å². The van der Waals surface area contributed by atoms with Crippen molar-refractivity contribution in [2.24, 2.45) is 5.92 Å². The minimum Gasteiger partial charge on any atom is -0.506 e. The van der Waals surface area contributed by atoms with Crippen molar-refractivity contribution in [1.29, 1.82) is 0 Å². The Morgan fingerprint density at radius 2 is 2.05 bits per heavy atom. The average molecular weight is 310 g/mol. The molecule has 0 aliphatic carbocycles. The number of nitrogens with zero attached hydrogens (tertiary/aromatic N) is 2. The van der Waals surface area contributed by atoms with Gasteiger partial charge in [-0.15, -0.1) is 0 Å². The van der Waals surface area contributed by atoms with E-state index in [1.807, 2.05) is 6.07 Å². The highest BCUT2D eigenvalue weighted by molar-refractivity contribution is 7.90. The quantitative estimate of drug-likeness (QED) is 0.910. The van der Waals surface area contributed by atoms with Crippen LogP contribution in [0.25, 0.3) is 0 Å². The van der Waals surface area contributed by atoms with E-state index in [0.717, 1.165) is 31.2 Å². The predicted octanol–water partition coefficient (Wildman–Crippen LogP) is 2.12. The van der Waals surface area contributed by atoms with Crippen molar-refractivity contribution in [3.63, 3.8) is 0 Å². The Hall–Kier alpha value is -1.27. The molecular formula is C15H22N2O3S. The van der Waals surface area contributed by atoms with Crippen LogP contribution < -0.4 is 4.31 Å². The molecule has 0 spiro atoms. The zero-order valence-electron chi connectivity index (χ0n) is 12.3. The molecule has 1 saturated heterocycles. The number of hydrogen-bond donors (Lipinski definition) is 1. The SMILES string of the molecule is CC1CCCN(S(=O)(=O)N2CCCc3cccc(O)c32)C1. The third kappa shape index (κ3) is 2.62. The van der Waals surface area contributed by atoms with Crippen molar-refractivity contribution < 1.29 is 13.5 Å². The normalized spacial score (nSPS) is 23.9. The smallest absolute Gasteiger partial charge is 0.304 e. The predicted molar refractivity (Wildman–Crippen MR) is 82.7 cm³/mol. The van der Waals surface area contributed by atoms with Crippen LogP contribution in [0.3, 0.4) is 0 Å². The van der Waals surface area contributed by atoms with E-state index >= 15 is 0 Å². The lowest BCUT2D eigenvalue weighted by molar-refractivity contribution is 0.280. The molecule has 2 aliphatic rings. The van der Waals surface area contributed by atoms with Gasteiger partial charge in [0.15, 0.2) is 0 Å².